The number of aromatic hydroxyl groups is 1. The average molecular weight is 764 g/mol. The van der Waals surface area contributed by atoms with Crippen molar-refractivity contribution in [3.63, 3.8) is 0 Å². The van der Waals surface area contributed by atoms with Gasteiger partial charge in [0, 0.05) is 56.8 Å². The smallest absolute Gasteiger partial charge is 0.262 e. The number of imide groups is 2. The zero-order valence-electron chi connectivity index (χ0n) is 32.0. The van der Waals surface area contributed by atoms with Gasteiger partial charge in [-0.25, -0.2) is 0 Å². The van der Waals surface area contributed by atoms with Crippen LogP contribution >= 0.6 is 0 Å². The number of hydrogen-bond acceptors (Lipinski definition) is 8. The zero-order valence-corrected chi connectivity index (χ0v) is 32.0. The van der Waals surface area contributed by atoms with Crippen LogP contribution in [0.5, 0.6) is 5.75 Å². The molecule has 0 bridgehead atoms. The molecule has 1 unspecified atom stereocenters. The standard InChI is InChI=1S/C46H45N5O6/c1-2-36(29-6-4-3-5-7-29)42(31-10-14-35(52)15-11-31)30-8-12-34(13-9-30)49-20-18-46(19-21-49)27-50(28-46)41(54)26-48-24-32-22-37-38(23-33(32)25-48)45(57)51(44(37)56)39-16-17-40(53)47-43(39)55/h3-15,22-23,39,52H,2,16-21,24-28H2,1H3,(H,47,53,55)/b42-36+. The van der Waals surface area contributed by atoms with Crippen LogP contribution in [0.15, 0.2) is 91.0 Å². The predicted octanol–water partition coefficient (Wildman–Crippen LogP) is 5.61. The lowest BCUT2D eigenvalue weighted by Crippen LogP contribution is -2.63. The fourth-order valence-corrected chi connectivity index (χ4v) is 9.48. The average Bonchev–Trinajstić information content (AvgIpc) is 3.71. The maximum Gasteiger partial charge on any atom is 0.262 e. The zero-order chi connectivity index (χ0) is 39.4. The number of allylic oxidation sites excluding steroid dienone is 1. The van der Waals surface area contributed by atoms with Crippen LogP contribution in [0.2, 0.25) is 0 Å². The molecule has 1 spiro atoms. The van der Waals surface area contributed by atoms with Crippen molar-refractivity contribution in [1.82, 2.24) is 20.0 Å². The minimum absolute atomic E-state index is 0.0771. The summed E-state index contributed by atoms with van der Waals surface area (Å²) in [5.41, 5.74) is 9.48. The summed E-state index contributed by atoms with van der Waals surface area (Å²) in [6.45, 7) is 6.82. The van der Waals surface area contributed by atoms with Gasteiger partial charge < -0.3 is 14.9 Å². The minimum atomic E-state index is -0.994. The monoisotopic (exact) mass is 763 g/mol. The summed E-state index contributed by atoms with van der Waals surface area (Å²) in [5, 5.41) is 12.2. The van der Waals surface area contributed by atoms with E-state index in [0.29, 0.717) is 13.1 Å². The molecule has 5 heterocycles. The number of anilines is 1. The summed E-state index contributed by atoms with van der Waals surface area (Å²) in [7, 11) is 0. The van der Waals surface area contributed by atoms with E-state index in [2.05, 4.69) is 70.6 Å². The van der Waals surface area contributed by atoms with Crippen LogP contribution < -0.4 is 10.2 Å². The fraction of sp³-hybridized carbons (Fsp3) is 0.326. The predicted molar refractivity (Wildman–Crippen MR) is 215 cm³/mol. The Morgan fingerprint density at radius 3 is 1.96 bits per heavy atom. The van der Waals surface area contributed by atoms with Gasteiger partial charge in [0.25, 0.3) is 11.8 Å². The first-order chi connectivity index (χ1) is 27.6. The highest BCUT2D eigenvalue weighted by Gasteiger charge is 2.48. The second kappa shape index (κ2) is 14.5. The van der Waals surface area contributed by atoms with Gasteiger partial charge in [0.2, 0.25) is 17.7 Å². The van der Waals surface area contributed by atoms with E-state index in [1.54, 1.807) is 24.3 Å². The number of amides is 5. The van der Waals surface area contributed by atoms with Gasteiger partial charge in [-0.2, -0.15) is 0 Å². The Balaban J connectivity index is 0.799. The third-order valence-corrected chi connectivity index (χ3v) is 12.6. The summed E-state index contributed by atoms with van der Waals surface area (Å²) < 4.78 is 0. The molecule has 11 heteroatoms. The molecule has 11 nitrogen and oxygen atoms in total. The number of benzene rings is 4. The van der Waals surface area contributed by atoms with Gasteiger partial charge in [-0.1, -0.05) is 61.5 Å². The van der Waals surface area contributed by atoms with Crippen LogP contribution in [-0.2, 0) is 27.5 Å². The van der Waals surface area contributed by atoms with Crippen molar-refractivity contribution in [3.05, 3.63) is 130 Å². The number of nitrogens with zero attached hydrogens (tertiary/aromatic N) is 4. The molecule has 5 aliphatic heterocycles. The number of carbonyl (C=O) groups is 5. The number of piperidine rings is 2. The molecule has 0 aliphatic carbocycles. The largest absolute Gasteiger partial charge is 0.508 e. The summed E-state index contributed by atoms with van der Waals surface area (Å²) in [5.74, 6) is -1.72. The van der Waals surface area contributed by atoms with Crippen LogP contribution in [0, 0.1) is 5.41 Å². The number of fused-ring (bicyclic) bond motifs is 2. The second-order valence-electron chi connectivity index (χ2n) is 16.2. The van der Waals surface area contributed by atoms with Crippen LogP contribution in [-0.4, -0.2) is 88.1 Å². The Morgan fingerprint density at radius 2 is 1.39 bits per heavy atom. The molecule has 57 heavy (non-hydrogen) atoms. The van der Waals surface area contributed by atoms with E-state index < -0.39 is 29.7 Å². The van der Waals surface area contributed by atoms with Gasteiger partial charge in [-0.3, -0.25) is 39.1 Å². The van der Waals surface area contributed by atoms with E-state index in [1.165, 1.54) is 16.8 Å². The molecule has 3 saturated heterocycles. The van der Waals surface area contributed by atoms with Crippen molar-refractivity contribution in [2.45, 2.75) is 58.2 Å². The lowest BCUT2D eigenvalue weighted by atomic mass is 9.72. The fourth-order valence-electron chi connectivity index (χ4n) is 9.48. The molecule has 0 radical (unpaired) electrons. The molecular weight excluding hydrogens is 719 g/mol. The van der Waals surface area contributed by atoms with Crippen LogP contribution in [0.4, 0.5) is 5.69 Å². The number of rotatable bonds is 8. The summed E-state index contributed by atoms with van der Waals surface area (Å²) in [4.78, 5) is 71.6. The number of hydrogen-bond donors (Lipinski definition) is 2. The third kappa shape index (κ3) is 6.69. The SMILES string of the molecule is CC/C(=C(\c1ccc(O)cc1)c1ccc(N2CCC3(CC2)CN(C(=O)CN2Cc4cc5c(cc4C2)C(=O)N(C2CCC(=O)NC2=O)C5=O)C3)cc1)c1ccccc1. The molecule has 4 aromatic carbocycles. The molecule has 0 aromatic heterocycles. The Hall–Kier alpha value is -6.07. The van der Waals surface area contributed by atoms with E-state index in [0.717, 1.165) is 78.2 Å². The van der Waals surface area contributed by atoms with E-state index in [-0.39, 0.29) is 47.6 Å². The number of likely N-dealkylation sites (tertiary alicyclic amines) is 1. The van der Waals surface area contributed by atoms with Crippen LogP contribution in [0.25, 0.3) is 11.1 Å². The molecule has 290 valence electrons. The summed E-state index contributed by atoms with van der Waals surface area (Å²) in [6, 6.07) is 29.2. The Labute approximate surface area is 331 Å². The highest BCUT2D eigenvalue weighted by atomic mass is 16.3. The molecule has 0 saturated carbocycles. The minimum Gasteiger partial charge on any atom is -0.508 e. The highest BCUT2D eigenvalue weighted by Crippen LogP contribution is 2.43. The van der Waals surface area contributed by atoms with Crippen molar-refractivity contribution in [3.8, 4) is 5.75 Å². The lowest BCUT2D eigenvalue weighted by Gasteiger charge is -2.54. The number of carbonyl (C=O) groups excluding carboxylic acids is 5. The van der Waals surface area contributed by atoms with Crippen molar-refractivity contribution >= 4 is 46.4 Å². The molecule has 1 atom stereocenters. The molecular formula is C46H45N5O6. The van der Waals surface area contributed by atoms with Gasteiger partial charge in [0.1, 0.15) is 11.8 Å². The third-order valence-electron chi connectivity index (χ3n) is 12.6. The van der Waals surface area contributed by atoms with Crippen molar-refractivity contribution < 1.29 is 29.1 Å². The molecule has 5 aliphatic rings. The van der Waals surface area contributed by atoms with E-state index >= 15 is 0 Å². The Bertz CT molecular complexity index is 2280. The molecule has 2 N–H and O–H groups in total. The van der Waals surface area contributed by atoms with Gasteiger partial charge in [0.15, 0.2) is 0 Å². The topological polar surface area (TPSA) is 131 Å². The lowest BCUT2D eigenvalue weighted by molar-refractivity contribution is -0.146. The normalized spacial score (nSPS) is 20.6. The van der Waals surface area contributed by atoms with Gasteiger partial charge >= 0.3 is 0 Å². The summed E-state index contributed by atoms with van der Waals surface area (Å²) >= 11 is 0. The number of phenolic OH excluding ortho intramolecular Hbond substituents is 1. The van der Waals surface area contributed by atoms with E-state index in [9.17, 15) is 29.1 Å². The quantitative estimate of drug-likeness (QED) is 0.175. The Morgan fingerprint density at radius 1 is 0.789 bits per heavy atom. The first kappa shape index (κ1) is 36.6. The molecule has 9 rings (SSSR count). The molecule has 5 amide bonds. The molecule has 3 fully saturated rings. The van der Waals surface area contributed by atoms with Crippen LogP contribution in [0.3, 0.4) is 0 Å². The van der Waals surface area contributed by atoms with Crippen LogP contribution in [0.1, 0.15) is 87.6 Å². The second-order valence-corrected chi connectivity index (χ2v) is 16.2. The number of phenols is 1. The summed E-state index contributed by atoms with van der Waals surface area (Å²) in [6.07, 6.45) is 3.09. The Kier molecular flexibility index (Phi) is 9.27. The van der Waals surface area contributed by atoms with Gasteiger partial charge in [0.05, 0.1) is 17.7 Å². The maximum absolute atomic E-state index is 13.5. The molecule has 4 aromatic rings. The first-order valence-corrected chi connectivity index (χ1v) is 19.9. The first-order valence-electron chi connectivity index (χ1n) is 19.9. The van der Waals surface area contributed by atoms with E-state index in [1.807, 2.05) is 23.1 Å². The highest BCUT2D eigenvalue weighted by molar-refractivity contribution is 6.23. The van der Waals surface area contributed by atoms with Crippen molar-refractivity contribution in [2.75, 3.05) is 37.6 Å². The van der Waals surface area contributed by atoms with Crippen molar-refractivity contribution in [1.29, 1.82) is 0 Å². The maximum atomic E-state index is 13.5. The van der Waals surface area contributed by atoms with Gasteiger partial charge in [-0.15, -0.1) is 0 Å². The van der Waals surface area contributed by atoms with Gasteiger partial charge in [-0.05, 0) is 101 Å². The van der Waals surface area contributed by atoms with E-state index in [4.69, 9.17) is 0 Å². The number of nitrogens with one attached hydrogen (secondary N) is 1. The van der Waals surface area contributed by atoms with Crippen molar-refractivity contribution in [2.24, 2.45) is 5.41 Å².